The lowest BCUT2D eigenvalue weighted by molar-refractivity contribution is 0.216. The number of hydrogen-bond donors (Lipinski definition) is 0. The van der Waals surface area contributed by atoms with Gasteiger partial charge in [0.2, 0.25) is 0 Å². The molecule has 54 heavy (non-hydrogen) atoms. The summed E-state index contributed by atoms with van der Waals surface area (Å²) in [6.45, 7) is 28.6. The predicted octanol–water partition coefficient (Wildman–Crippen LogP) is 5.25. The van der Waals surface area contributed by atoms with Gasteiger partial charge in [0.1, 0.15) is 0 Å². The molecule has 4 bridgehead atoms. The molecule has 0 aromatic carbocycles. The van der Waals surface area contributed by atoms with Crippen LogP contribution in [0.5, 0.6) is 0 Å². The molecule has 14 unspecified atom stereocenters. The van der Waals surface area contributed by atoms with E-state index in [9.17, 15) is 0 Å². The molecule has 24 heteroatoms. The zero-order valence-electron chi connectivity index (χ0n) is 35.4. The molecule has 3 aliphatic heterocycles. The van der Waals surface area contributed by atoms with Gasteiger partial charge in [-0.15, -0.1) is 0 Å². The first-order chi connectivity index (χ1) is 25.2. The fraction of sp³-hybridized carbons (Fsp3) is 1.00. The van der Waals surface area contributed by atoms with Crippen LogP contribution in [0.4, 0.5) is 0 Å². The monoisotopic (exact) mass is 960 g/mol. The van der Waals surface area contributed by atoms with Crippen molar-refractivity contribution in [2.75, 3.05) is 0 Å². The molecule has 12 nitrogen and oxygen atoms in total. The maximum atomic E-state index is 7.13. The summed E-state index contributed by atoms with van der Waals surface area (Å²) in [6, 6.07) is 1.03. The first-order valence-corrected chi connectivity index (χ1v) is 48.9. The van der Waals surface area contributed by atoms with Gasteiger partial charge < -0.3 is 49.4 Å². The first-order valence-electron chi connectivity index (χ1n) is 21.3. The van der Waals surface area contributed by atoms with Crippen LogP contribution in [-0.4, -0.2) is 107 Å². The van der Waals surface area contributed by atoms with E-state index in [0.29, 0.717) is 28.8 Å². The Bertz CT molecular complexity index is 1290. The van der Waals surface area contributed by atoms with Gasteiger partial charge in [0.05, 0.1) is 0 Å². The highest BCUT2D eigenvalue weighted by Crippen LogP contribution is 2.61. The topological polar surface area (TPSA) is 111 Å². The molecule has 7 aliphatic rings. The van der Waals surface area contributed by atoms with Crippen molar-refractivity contribution in [1.29, 1.82) is 0 Å². The van der Waals surface area contributed by atoms with Crippen molar-refractivity contribution in [1.82, 2.24) is 0 Å². The fourth-order valence-corrected chi connectivity index (χ4v) is 76.9. The highest BCUT2D eigenvalue weighted by atomic mass is 29.3. The molecule has 0 aromatic rings. The zero-order chi connectivity index (χ0) is 39.0. The highest BCUT2D eigenvalue weighted by Gasteiger charge is 2.65. The van der Waals surface area contributed by atoms with Crippen LogP contribution >= 0.6 is 0 Å². The number of hydrogen-bond acceptors (Lipinski definition) is 12. The summed E-state index contributed by atoms with van der Waals surface area (Å²) < 4.78 is 82.4. The van der Waals surface area contributed by atoms with Crippen molar-refractivity contribution in [2.45, 2.75) is 154 Å². The average molecular weight is 962 g/mol. The predicted molar refractivity (Wildman–Crippen MR) is 238 cm³/mol. The van der Waals surface area contributed by atoms with Crippen LogP contribution in [0.25, 0.3) is 0 Å². The molecule has 4 saturated carbocycles. The summed E-state index contributed by atoms with van der Waals surface area (Å²) in [7, 11) is -26.9. The molecule has 0 spiro atoms. The van der Waals surface area contributed by atoms with E-state index < -0.39 is 107 Å². The Hall–Kier alpha value is 2.12. The SMILES string of the molecule is CCC1CC2CC1CC2[Si]1(C)O[SiH](C)O[Si](C)(CCC2CC3CC2CC3[Si]2(C)O[SiH](C)O[Si](C)([Si]3(C)O[SiH](C)O[SiH](C)O[SiH](C)O3)O[SiH](C)O2)O[SiH](C)O1. The Balaban J connectivity index is 0.943. The summed E-state index contributed by atoms with van der Waals surface area (Å²) in [5.74, 6) is 4.60. The second-order valence-electron chi connectivity index (χ2n) is 18.6. The van der Waals surface area contributed by atoms with Crippen molar-refractivity contribution in [3.63, 3.8) is 0 Å². The molecule has 312 valence electrons. The van der Waals surface area contributed by atoms with Crippen molar-refractivity contribution in [2.24, 2.45) is 35.5 Å². The summed E-state index contributed by atoms with van der Waals surface area (Å²) >= 11 is 0. The van der Waals surface area contributed by atoms with E-state index in [0.717, 1.165) is 23.8 Å². The molecule has 4 aliphatic carbocycles. The zero-order valence-corrected chi connectivity index (χ0v) is 48.5. The average Bonchev–Trinajstić information content (AvgIpc) is 3.82. The van der Waals surface area contributed by atoms with Crippen LogP contribution in [0.2, 0.25) is 95.7 Å². The largest absolute Gasteiger partial charge is 0.420 e. The van der Waals surface area contributed by atoms with Crippen molar-refractivity contribution in [3.05, 3.63) is 0 Å². The van der Waals surface area contributed by atoms with E-state index in [1.807, 2.05) is 0 Å². The molecular formula is C30H72O12Si12. The van der Waals surface area contributed by atoms with Crippen molar-refractivity contribution in [3.8, 4) is 0 Å². The Morgan fingerprint density at radius 1 is 0.426 bits per heavy atom. The fourth-order valence-electron chi connectivity index (χ4n) is 12.4. The van der Waals surface area contributed by atoms with Gasteiger partial charge in [-0.3, -0.25) is 0 Å². The molecule has 7 rings (SSSR count). The quantitative estimate of drug-likeness (QED) is 0.311. The van der Waals surface area contributed by atoms with Crippen LogP contribution < -0.4 is 0 Å². The molecule has 0 aromatic heterocycles. The molecule has 14 atom stereocenters. The third kappa shape index (κ3) is 9.16. The van der Waals surface area contributed by atoms with Gasteiger partial charge in [-0.2, -0.15) is 0 Å². The van der Waals surface area contributed by atoms with Crippen LogP contribution in [0.1, 0.15) is 58.3 Å². The van der Waals surface area contributed by atoms with E-state index in [1.165, 1.54) is 51.4 Å². The second kappa shape index (κ2) is 16.8. The van der Waals surface area contributed by atoms with Crippen LogP contribution in [0.15, 0.2) is 0 Å². The van der Waals surface area contributed by atoms with Crippen LogP contribution in [0.3, 0.4) is 0 Å². The molecule has 0 N–H and O–H groups in total. The van der Waals surface area contributed by atoms with Crippen molar-refractivity contribution < 1.29 is 49.4 Å². The highest BCUT2D eigenvalue weighted by molar-refractivity contribution is 7.35. The lowest BCUT2D eigenvalue weighted by Gasteiger charge is -2.50. The van der Waals surface area contributed by atoms with Gasteiger partial charge in [0.25, 0.3) is 46.4 Å². The van der Waals surface area contributed by atoms with Crippen LogP contribution in [0, 0.1) is 35.5 Å². The van der Waals surface area contributed by atoms with E-state index in [2.05, 4.69) is 85.5 Å². The van der Waals surface area contributed by atoms with E-state index in [1.54, 1.807) is 0 Å². The minimum absolute atomic E-state index is 0.473. The summed E-state index contributed by atoms with van der Waals surface area (Å²) in [6.07, 6.45) is 10.3. The Morgan fingerprint density at radius 2 is 0.815 bits per heavy atom. The Kier molecular flexibility index (Phi) is 13.7. The van der Waals surface area contributed by atoms with Crippen molar-refractivity contribution >= 4 is 107 Å². The van der Waals surface area contributed by atoms with Gasteiger partial charge in [-0.25, -0.2) is 0 Å². The summed E-state index contributed by atoms with van der Waals surface area (Å²) in [5, 5.41) is 0. The van der Waals surface area contributed by atoms with Gasteiger partial charge in [0.15, 0.2) is 0 Å². The number of rotatable bonds is 7. The number of fused-ring (bicyclic) bond motifs is 4. The van der Waals surface area contributed by atoms with E-state index in [4.69, 9.17) is 49.4 Å². The maximum absolute atomic E-state index is 7.13. The maximum Gasteiger partial charge on any atom is 0.361 e. The van der Waals surface area contributed by atoms with Crippen LogP contribution in [-0.2, 0) is 49.4 Å². The van der Waals surface area contributed by atoms with Gasteiger partial charge >= 0.3 is 60.4 Å². The molecule has 0 amide bonds. The molecule has 0 radical (unpaired) electrons. The minimum atomic E-state index is -2.95. The molecule has 3 heterocycles. The summed E-state index contributed by atoms with van der Waals surface area (Å²) in [5.41, 5.74) is 1.08. The minimum Gasteiger partial charge on any atom is -0.420 e. The third-order valence-electron chi connectivity index (χ3n) is 14.4. The lowest BCUT2D eigenvalue weighted by Crippen LogP contribution is -2.74. The van der Waals surface area contributed by atoms with E-state index in [-0.39, 0.29) is 0 Å². The van der Waals surface area contributed by atoms with Gasteiger partial charge in [0, 0.05) is 11.1 Å². The Morgan fingerprint density at radius 3 is 1.20 bits per heavy atom. The molecular weight excluding hydrogens is 889 g/mol. The van der Waals surface area contributed by atoms with Gasteiger partial charge in [-0.1, -0.05) is 13.3 Å². The standard InChI is InChI=1S/C30H72O12Si12/c1-14-23-17-27-19-25(23)21-29(27)51(10)35-46(5)33-50(9,34-47(6)36-51)16-15-24-18-28-20-26(24)22-30(28)52(11)37-48(7)41-54(13,42-49(8)38-52)53(12)39-44(3)31-43(2)32-45(4)40-53/h23-30,43-49H,14-22H2,1-13H3. The molecule has 7 fully saturated rings. The Labute approximate surface area is 343 Å². The second-order valence-corrected chi connectivity index (χ2v) is 55.7. The van der Waals surface area contributed by atoms with E-state index >= 15 is 0 Å². The smallest absolute Gasteiger partial charge is 0.361 e. The summed E-state index contributed by atoms with van der Waals surface area (Å²) in [4.78, 5) is 0. The van der Waals surface area contributed by atoms with Gasteiger partial charge in [-0.05, 0) is 165 Å². The lowest BCUT2D eigenvalue weighted by atomic mass is 9.86. The first kappa shape index (κ1) is 44.2. The normalized spacial score (nSPS) is 57.2. The third-order valence-corrected chi connectivity index (χ3v) is 68.7. The molecule has 3 saturated heterocycles.